The van der Waals surface area contributed by atoms with Crippen molar-refractivity contribution in [3.63, 3.8) is 0 Å². The molecule has 2 heterocycles. The number of aryl methyl sites for hydroxylation is 1. The van der Waals surface area contributed by atoms with Gasteiger partial charge in [0.2, 0.25) is 0 Å². The highest BCUT2D eigenvalue weighted by Crippen LogP contribution is 2.31. The van der Waals surface area contributed by atoms with Gasteiger partial charge in [0.25, 0.3) is 0 Å². The zero-order valence-corrected chi connectivity index (χ0v) is 11.9. The van der Waals surface area contributed by atoms with Gasteiger partial charge in [0.05, 0.1) is 18.1 Å². The van der Waals surface area contributed by atoms with Gasteiger partial charge in [-0.15, -0.1) is 11.3 Å². The van der Waals surface area contributed by atoms with Crippen molar-refractivity contribution in [3.8, 4) is 0 Å². The summed E-state index contributed by atoms with van der Waals surface area (Å²) in [6.07, 6.45) is 3.94. The molecule has 0 fully saturated rings. The highest BCUT2D eigenvalue weighted by Gasteiger charge is 2.18. The molecule has 3 rings (SSSR count). The lowest BCUT2D eigenvalue weighted by Crippen LogP contribution is -2.22. The quantitative estimate of drug-likeness (QED) is 0.789. The SMILES string of the molecule is CCNC(c1cn(C)cn1)c1cccc2ccsc12. The summed E-state index contributed by atoms with van der Waals surface area (Å²) in [5.41, 5.74) is 2.39. The minimum Gasteiger partial charge on any atom is -0.340 e. The first kappa shape index (κ1) is 12.4. The number of hydrogen-bond acceptors (Lipinski definition) is 3. The third-order valence-electron chi connectivity index (χ3n) is 3.25. The number of hydrogen-bond donors (Lipinski definition) is 1. The fourth-order valence-corrected chi connectivity index (χ4v) is 3.35. The number of imidazole rings is 1. The van der Waals surface area contributed by atoms with E-state index < -0.39 is 0 Å². The molecule has 0 amide bonds. The van der Waals surface area contributed by atoms with Crippen LogP contribution in [0, 0.1) is 0 Å². The lowest BCUT2D eigenvalue weighted by Gasteiger charge is -2.17. The zero-order valence-electron chi connectivity index (χ0n) is 11.1. The normalized spacial score (nSPS) is 12.9. The summed E-state index contributed by atoms with van der Waals surface area (Å²) >= 11 is 1.80. The summed E-state index contributed by atoms with van der Waals surface area (Å²) < 4.78 is 3.34. The maximum absolute atomic E-state index is 4.51. The first-order valence-corrected chi connectivity index (χ1v) is 7.35. The van der Waals surface area contributed by atoms with Crippen LogP contribution in [-0.2, 0) is 7.05 Å². The minimum absolute atomic E-state index is 0.161. The van der Waals surface area contributed by atoms with Crippen LogP contribution in [0.4, 0.5) is 0 Å². The van der Waals surface area contributed by atoms with Crippen LogP contribution < -0.4 is 5.32 Å². The van der Waals surface area contributed by atoms with Gasteiger partial charge < -0.3 is 9.88 Å². The second-order valence-corrected chi connectivity index (χ2v) is 5.56. The van der Waals surface area contributed by atoms with Crippen LogP contribution in [0.25, 0.3) is 10.1 Å². The highest BCUT2D eigenvalue weighted by atomic mass is 32.1. The number of benzene rings is 1. The fourth-order valence-electron chi connectivity index (χ4n) is 2.40. The molecule has 0 bridgehead atoms. The molecular weight excluding hydrogens is 254 g/mol. The van der Waals surface area contributed by atoms with Crippen LogP contribution in [0.1, 0.15) is 24.2 Å². The predicted octanol–water partition coefficient (Wildman–Crippen LogP) is 3.33. The standard InChI is InChI=1S/C15H17N3S/c1-3-16-14(13-9-18(2)10-17-13)12-6-4-5-11-7-8-19-15(11)12/h4-10,14,16H,3H2,1-2H3. The monoisotopic (exact) mass is 271 g/mol. The van der Waals surface area contributed by atoms with Crippen LogP contribution in [0.3, 0.4) is 0 Å². The topological polar surface area (TPSA) is 29.9 Å². The van der Waals surface area contributed by atoms with Gasteiger partial charge in [-0.25, -0.2) is 4.98 Å². The molecule has 3 nitrogen and oxygen atoms in total. The van der Waals surface area contributed by atoms with Crippen LogP contribution in [0.15, 0.2) is 42.2 Å². The maximum Gasteiger partial charge on any atom is 0.0947 e. The van der Waals surface area contributed by atoms with Crippen molar-refractivity contribution in [2.24, 2.45) is 7.05 Å². The zero-order chi connectivity index (χ0) is 13.2. The Morgan fingerprint density at radius 2 is 2.26 bits per heavy atom. The van der Waals surface area contributed by atoms with Crippen molar-refractivity contribution in [3.05, 3.63) is 53.4 Å². The number of nitrogens with one attached hydrogen (secondary N) is 1. The lowest BCUT2D eigenvalue weighted by molar-refractivity contribution is 0.622. The van der Waals surface area contributed by atoms with Crippen molar-refractivity contribution in [1.29, 1.82) is 0 Å². The Hall–Kier alpha value is -1.65. The highest BCUT2D eigenvalue weighted by molar-refractivity contribution is 7.17. The molecule has 4 heteroatoms. The van der Waals surface area contributed by atoms with Gasteiger partial charge in [-0.2, -0.15) is 0 Å². The number of nitrogens with zero attached hydrogens (tertiary/aromatic N) is 2. The molecule has 0 saturated heterocycles. The van der Waals surface area contributed by atoms with E-state index in [1.54, 1.807) is 11.3 Å². The summed E-state index contributed by atoms with van der Waals surface area (Å²) in [5, 5.41) is 7.00. The minimum atomic E-state index is 0.161. The van der Waals surface area contributed by atoms with E-state index in [4.69, 9.17) is 0 Å². The largest absolute Gasteiger partial charge is 0.340 e. The van der Waals surface area contributed by atoms with Crippen LogP contribution >= 0.6 is 11.3 Å². The molecule has 1 N–H and O–H groups in total. The molecule has 1 aromatic carbocycles. The molecule has 3 aromatic rings. The van der Waals surface area contributed by atoms with Crippen LogP contribution in [0.5, 0.6) is 0 Å². The van der Waals surface area contributed by atoms with Crippen molar-refractivity contribution in [1.82, 2.24) is 14.9 Å². The second-order valence-electron chi connectivity index (χ2n) is 4.64. The number of rotatable bonds is 4. The first-order chi connectivity index (χ1) is 9.29. The van der Waals surface area contributed by atoms with Gasteiger partial charge >= 0.3 is 0 Å². The molecule has 19 heavy (non-hydrogen) atoms. The van der Waals surface area contributed by atoms with Crippen molar-refractivity contribution >= 4 is 21.4 Å². The number of fused-ring (bicyclic) bond motifs is 1. The molecule has 0 aliphatic rings. The molecule has 0 radical (unpaired) electrons. The fraction of sp³-hybridized carbons (Fsp3) is 0.267. The summed E-state index contributed by atoms with van der Waals surface area (Å²) in [4.78, 5) is 4.51. The Balaban J connectivity index is 2.11. The van der Waals surface area contributed by atoms with Crippen molar-refractivity contribution < 1.29 is 0 Å². The molecule has 2 aromatic heterocycles. The average molecular weight is 271 g/mol. The molecule has 0 saturated carbocycles. The van der Waals surface area contributed by atoms with Crippen LogP contribution in [-0.4, -0.2) is 16.1 Å². The Bertz CT molecular complexity index is 683. The Labute approximate surface area is 116 Å². The average Bonchev–Trinajstić information content (AvgIpc) is 3.04. The third kappa shape index (κ3) is 2.29. The Morgan fingerprint density at radius 1 is 1.37 bits per heavy atom. The first-order valence-electron chi connectivity index (χ1n) is 6.47. The second kappa shape index (κ2) is 5.15. The van der Waals surface area contributed by atoms with E-state index in [1.807, 2.05) is 17.9 Å². The van der Waals surface area contributed by atoms with E-state index in [1.165, 1.54) is 15.6 Å². The molecular formula is C15H17N3S. The van der Waals surface area contributed by atoms with E-state index in [2.05, 4.69) is 53.1 Å². The summed E-state index contributed by atoms with van der Waals surface area (Å²) in [6, 6.07) is 8.81. The maximum atomic E-state index is 4.51. The number of thiophene rings is 1. The van der Waals surface area contributed by atoms with Gasteiger partial charge in [-0.3, -0.25) is 0 Å². The summed E-state index contributed by atoms with van der Waals surface area (Å²) in [5.74, 6) is 0. The molecule has 98 valence electrons. The van der Waals surface area contributed by atoms with Crippen LogP contribution in [0.2, 0.25) is 0 Å². The third-order valence-corrected chi connectivity index (χ3v) is 4.23. The van der Waals surface area contributed by atoms with E-state index in [-0.39, 0.29) is 6.04 Å². The Kier molecular flexibility index (Phi) is 3.36. The smallest absolute Gasteiger partial charge is 0.0947 e. The van der Waals surface area contributed by atoms with Gasteiger partial charge in [-0.05, 0) is 28.9 Å². The molecule has 0 aliphatic heterocycles. The van der Waals surface area contributed by atoms with Gasteiger partial charge in [0.15, 0.2) is 0 Å². The van der Waals surface area contributed by atoms with Crippen molar-refractivity contribution in [2.75, 3.05) is 6.54 Å². The summed E-state index contributed by atoms with van der Waals surface area (Å²) in [6.45, 7) is 3.05. The molecule has 0 spiro atoms. The number of aromatic nitrogens is 2. The van der Waals surface area contributed by atoms with Crippen molar-refractivity contribution in [2.45, 2.75) is 13.0 Å². The molecule has 1 atom stereocenters. The van der Waals surface area contributed by atoms with E-state index in [9.17, 15) is 0 Å². The lowest BCUT2D eigenvalue weighted by atomic mass is 10.0. The van der Waals surface area contributed by atoms with E-state index in [0.29, 0.717) is 0 Å². The molecule has 0 aliphatic carbocycles. The van der Waals surface area contributed by atoms with E-state index in [0.717, 1.165) is 12.2 Å². The predicted molar refractivity (Wildman–Crippen MR) is 80.6 cm³/mol. The van der Waals surface area contributed by atoms with E-state index >= 15 is 0 Å². The van der Waals surface area contributed by atoms with Gasteiger partial charge in [0, 0.05) is 17.9 Å². The summed E-state index contributed by atoms with van der Waals surface area (Å²) in [7, 11) is 2.01. The van der Waals surface area contributed by atoms with Gasteiger partial charge in [0.1, 0.15) is 0 Å². The Morgan fingerprint density at radius 3 is 3.00 bits per heavy atom. The van der Waals surface area contributed by atoms with Gasteiger partial charge in [-0.1, -0.05) is 25.1 Å². The molecule has 1 unspecified atom stereocenters.